The maximum Gasteiger partial charge on any atom is 0.245 e. The fourth-order valence-corrected chi connectivity index (χ4v) is 3.32. The number of hydrogen-bond acceptors (Lipinski definition) is 6. The Morgan fingerprint density at radius 2 is 1.79 bits per heavy atom. The summed E-state index contributed by atoms with van der Waals surface area (Å²) in [6.07, 6.45) is 8.10. The minimum atomic E-state index is 0.753. The van der Waals surface area contributed by atoms with Crippen LogP contribution in [0.5, 0.6) is 0 Å². The third kappa shape index (κ3) is 3.54. The van der Waals surface area contributed by atoms with Gasteiger partial charge in [-0.3, -0.25) is 0 Å². The van der Waals surface area contributed by atoms with Crippen molar-refractivity contribution in [2.24, 2.45) is 0 Å². The van der Waals surface area contributed by atoms with Crippen LogP contribution < -0.4 is 10.2 Å². The van der Waals surface area contributed by atoms with Crippen LogP contribution in [0.4, 0.5) is 17.6 Å². The van der Waals surface area contributed by atoms with Gasteiger partial charge in [0, 0.05) is 32.1 Å². The molecule has 3 aromatic heterocycles. The van der Waals surface area contributed by atoms with Crippen LogP contribution in [0.15, 0.2) is 61.2 Å². The Labute approximate surface area is 163 Å². The van der Waals surface area contributed by atoms with Gasteiger partial charge < -0.3 is 19.9 Å². The van der Waals surface area contributed by atoms with Crippen LogP contribution in [-0.4, -0.2) is 49.5 Å². The van der Waals surface area contributed by atoms with Crippen molar-refractivity contribution in [2.45, 2.75) is 12.8 Å². The lowest BCUT2D eigenvalue weighted by atomic mass is 10.3. The molecular formula is C20H23N7O. The molecule has 0 amide bonds. The minimum absolute atomic E-state index is 0.753. The van der Waals surface area contributed by atoms with Gasteiger partial charge in [0.25, 0.3) is 0 Å². The molecule has 28 heavy (non-hydrogen) atoms. The van der Waals surface area contributed by atoms with E-state index < -0.39 is 0 Å². The minimum Gasteiger partial charge on any atom is -0.400 e. The summed E-state index contributed by atoms with van der Waals surface area (Å²) in [7, 11) is 1.00. The summed E-state index contributed by atoms with van der Waals surface area (Å²) in [6.45, 7) is 2.02. The van der Waals surface area contributed by atoms with Crippen molar-refractivity contribution >= 4 is 23.1 Å². The zero-order valence-corrected chi connectivity index (χ0v) is 15.7. The molecule has 0 spiro atoms. The molecule has 1 aliphatic heterocycles. The Bertz CT molecular complexity index is 1040. The molecule has 4 heterocycles. The molecule has 1 aliphatic rings. The number of aliphatic hydroxyl groups is 1. The van der Waals surface area contributed by atoms with E-state index in [1.165, 1.54) is 12.8 Å². The quantitative estimate of drug-likeness (QED) is 0.569. The summed E-state index contributed by atoms with van der Waals surface area (Å²) >= 11 is 0. The lowest BCUT2D eigenvalue weighted by Crippen LogP contribution is -2.22. The van der Waals surface area contributed by atoms with E-state index in [2.05, 4.69) is 20.3 Å². The van der Waals surface area contributed by atoms with Crippen molar-refractivity contribution in [1.29, 1.82) is 0 Å². The fraction of sp³-hybridized carbons (Fsp3) is 0.250. The van der Waals surface area contributed by atoms with E-state index in [4.69, 9.17) is 10.1 Å². The van der Waals surface area contributed by atoms with Crippen molar-refractivity contribution in [3.8, 4) is 5.69 Å². The smallest absolute Gasteiger partial charge is 0.245 e. The van der Waals surface area contributed by atoms with Crippen LogP contribution in [-0.2, 0) is 0 Å². The number of aliphatic hydroxyl groups excluding tert-OH is 1. The van der Waals surface area contributed by atoms with E-state index in [1.807, 2.05) is 63.9 Å². The van der Waals surface area contributed by atoms with Crippen LogP contribution in [0.2, 0.25) is 0 Å². The highest BCUT2D eigenvalue weighted by atomic mass is 16.2. The Kier molecular flexibility index (Phi) is 5.20. The summed E-state index contributed by atoms with van der Waals surface area (Å²) in [5.41, 5.74) is 2.00. The standard InChI is InChI=1S/C19H19N7.CH4O/c1-2-7-15(8-3-1)25-13-17(20-14-25)21-18-16-9-6-12-26(16)23-19(22-18)24-10-4-5-11-24;1-2/h1-3,6-9,12-14H,4-5,10-11H2,(H,21,22,23);2H,1H3. The number of imidazole rings is 1. The predicted octanol–water partition coefficient (Wildman–Crippen LogP) is 2.87. The van der Waals surface area contributed by atoms with Gasteiger partial charge in [0.1, 0.15) is 17.7 Å². The van der Waals surface area contributed by atoms with Crippen LogP contribution in [0.3, 0.4) is 0 Å². The molecule has 4 aromatic rings. The second-order valence-electron chi connectivity index (χ2n) is 6.42. The third-order valence-corrected chi connectivity index (χ3v) is 4.65. The number of nitrogens with one attached hydrogen (secondary N) is 1. The average molecular weight is 377 g/mol. The lowest BCUT2D eigenvalue weighted by Gasteiger charge is -2.16. The average Bonchev–Trinajstić information content (AvgIpc) is 3.51. The first kappa shape index (κ1) is 18.0. The van der Waals surface area contributed by atoms with Crippen LogP contribution in [0.1, 0.15) is 12.8 Å². The number of para-hydroxylation sites is 1. The SMILES string of the molecule is CO.c1ccc(-n2cnc(Nc3nc(N4CCCC4)nn4cccc34)c2)cc1. The van der Waals surface area contributed by atoms with Gasteiger partial charge >= 0.3 is 0 Å². The topological polar surface area (TPSA) is 83.5 Å². The summed E-state index contributed by atoms with van der Waals surface area (Å²) < 4.78 is 3.86. The second kappa shape index (κ2) is 8.10. The number of rotatable bonds is 4. The maximum atomic E-state index is 7.00. The summed E-state index contributed by atoms with van der Waals surface area (Å²) in [6, 6.07) is 14.1. The number of hydrogen-bond donors (Lipinski definition) is 2. The molecule has 8 heteroatoms. The number of benzene rings is 1. The zero-order valence-electron chi connectivity index (χ0n) is 15.7. The molecule has 144 valence electrons. The predicted molar refractivity (Wildman–Crippen MR) is 109 cm³/mol. The Balaban J connectivity index is 0.000000932. The van der Waals surface area contributed by atoms with Gasteiger partial charge in [0.05, 0.1) is 6.20 Å². The van der Waals surface area contributed by atoms with Gasteiger partial charge in [-0.2, -0.15) is 4.98 Å². The highest BCUT2D eigenvalue weighted by Crippen LogP contribution is 2.24. The summed E-state index contributed by atoms with van der Waals surface area (Å²) in [4.78, 5) is 11.5. The molecule has 2 N–H and O–H groups in total. The van der Waals surface area contributed by atoms with Crippen molar-refractivity contribution in [2.75, 3.05) is 30.4 Å². The normalized spacial score (nSPS) is 13.4. The van der Waals surface area contributed by atoms with Gasteiger partial charge in [0.15, 0.2) is 5.82 Å². The molecule has 0 aliphatic carbocycles. The molecule has 8 nitrogen and oxygen atoms in total. The zero-order chi connectivity index (χ0) is 19.3. The van der Waals surface area contributed by atoms with Gasteiger partial charge in [0.2, 0.25) is 5.95 Å². The highest BCUT2D eigenvalue weighted by molar-refractivity contribution is 5.73. The molecule has 1 saturated heterocycles. The molecule has 0 radical (unpaired) electrons. The largest absolute Gasteiger partial charge is 0.400 e. The van der Waals surface area contributed by atoms with E-state index in [0.717, 1.165) is 49.0 Å². The van der Waals surface area contributed by atoms with Crippen molar-refractivity contribution < 1.29 is 5.11 Å². The van der Waals surface area contributed by atoms with Crippen molar-refractivity contribution in [3.05, 3.63) is 61.2 Å². The van der Waals surface area contributed by atoms with E-state index in [9.17, 15) is 0 Å². The molecule has 0 bridgehead atoms. The second-order valence-corrected chi connectivity index (χ2v) is 6.42. The van der Waals surface area contributed by atoms with E-state index >= 15 is 0 Å². The first-order chi connectivity index (χ1) is 13.9. The Morgan fingerprint density at radius 1 is 1.00 bits per heavy atom. The van der Waals surface area contributed by atoms with Crippen LogP contribution in [0, 0.1) is 0 Å². The highest BCUT2D eigenvalue weighted by Gasteiger charge is 2.18. The first-order valence-corrected chi connectivity index (χ1v) is 9.28. The molecule has 5 rings (SSSR count). The summed E-state index contributed by atoms with van der Waals surface area (Å²) in [5.74, 6) is 2.28. The van der Waals surface area contributed by atoms with Gasteiger partial charge in [-0.25, -0.2) is 9.50 Å². The molecule has 0 atom stereocenters. The van der Waals surface area contributed by atoms with Crippen molar-refractivity contribution in [3.63, 3.8) is 0 Å². The third-order valence-electron chi connectivity index (χ3n) is 4.65. The number of nitrogens with zero attached hydrogens (tertiary/aromatic N) is 6. The Morgan fingerprint density at radius 3 is 2.57 bits per heavy atom. The van der Waals surface area contributed by atoms with Crippen LogP contribution in [0.25, 0.3) is 11.2 Å². The monoisotopic (exact) mass is 377 g/mol. The Hall–Kier alpha value is -3.39. The van der Waals surface area contributed by atoms with E-state index in [0.29, 0.717) is 0 Å². The first-order valence-electron chi connectivity index (χ1n) is 9.28. The fourth-order valence-electron chi connectivity index (χ4n) is 3.32. The molecule has 0 saturated carbocycles. The van der Waals surface area contributed by atoms with Gasteiger partial charge in [-0.05, 0) is 37.1 Å². The maximum absolute atomic E-state index is 7.00. The van der Waals surface area contributed by atoms with Crippen LogP contribution >= 0.6 is 0 Å². The van der Waals surface area contributed by atoms with Gasteiger partial charge in [-0.15, -0.1) is 5.10 Å². The van der Waals surface area contributed by atoms with E-state index in [1.54, 1.807) is 6.33 Å². The van der Waals surface area contributed by atoms with Crippen molar-refractivity contribution in [1.82, 2.24) is 24.1 Å². The summed E-state index contributed by atoms with van der Waals surface area (Å²) in [5, 5.41) is 15.0. The lowest BCUT2D eigenvalue weighted by molar-refractivity contribution is 0.399. The van der Waals surface area contributed by atoms with E-state index in [-0.39, 0.29) is 0 Å². The number of anilines is 3. The number of aromatic nitrogens is 5. The molecule has 0 unspecified atom stereocenters. The molecule has 1 aromatic carbocycles. The number of fused-ring (bicyclic) bond motifs is 1. The van der Waals surface area contributed by atoms with Gasteiger partial charge in [-0.1, -0.05) is 18.2 Å². The molecule has 1 fully saturated rings. The molecular weight excluding hydrogens is 354 g/mol.